The highest BCUT2D eigenvalue weighted by molar-refractivity contribution is 5.83. The Kier molecular flexibility index (Phi) is 3.88. The van der Waals surface area contributed by atoms with E-state index in [-0.39, 0.29) is 5.41 Å². The fourth-order valence-electron chi connectivity index (χ4n) is 1.41. The molecule has 0 aliphatic carbocycles. The predicted octanol–water partition coefficient (Wildman–Crippen LogP) is 2.98. The van der Waals surface area contributed by atoms with Crippen molar-refractivity contribution in [2.45, 2.75) is 26.2 Å². The second kappa shape index (κ2) is 4.97. The molecule has 86 valence electrons. The van der Waals surface area contributed by atoms with Gasteiger partial charge in [-0.25, -0.2) is 0 Å². The summed E-state index contributed by atoms with van der Waals surface area (Å²) in [6, 6.07) is 8.35. The summed E-state index contributed by atoms with van der Waals surface area (Å²) in [6.45, 7) is 6.60. The zero-order valence-corrected chi connectivity index (χ0v) is 10.5. The van der Waals surface area contributed by atoms with Crippen LogP contribution >= 0.6 is 0 Å². The Hall–Kier alpha value is -1.57. The molecule has 0 spiro atoms. The second-order valence-electron chi connectivity index (χ2n) is 4.86. The van der Waals surface area contributed by atoms with Gasteiger partial charge in [-0.3, -0.25) is 4.99 Å². The van der Waals surface area contributed by atoms with Gasteiger partial charge in [0.1, 0.15) is 0 Å². The largest absolute Gasteiger partial charge is 0.398 e. The smallest absolute Gasteiger partial charge is 0.0402 e. The van der Waals surface area contributed by atoms with Crippen LogP contribution in [0.3, 0.4) is 0 Å². The van der Waals surface area contributed by atoms with Gasteiger partial charge in [-0.2, -0.15) is 0 Å². The van der Waals surface area contributed by atoms with E-state index in [0.29, 0.717) is 0 Å². The number of hydrogen-bond donors (Lipinski definition) is 1. The van der Waals surface area contributed by atoms with E-state index in [4.69, 9.17) is 5.73 Å². The van der Waals surface area contributed by atoms with Crippen molar-refractivity contribution in [2.75, 3.05) is 7.05 Å². The van der Waals surface area contributed by atoms with E-state index in [1.165, 1.54) is 5.56 Å². The molecule has 0 unspecified atom stereocenters. The Bertz CT molecular complexity index is 392. The van der Waals surface area contributed by atoms with Gasteiger partial charge in [0.2, 0.25) is 0 Å². The molecule has 1 aromatic rings. The quantitative estimate of drug-likeness (QED) is 0.758. The van der Waals surface area contributed by atoms with Crippen molar-refractivity contribution in [1.29, 1.82) is 0 Å². The van der Waals surface area contributed by atoms with Crippen LogP contribution in [0, 0.1) is 0 Å². The third-order valence-electron chi connectivity index (χ3n) is 2.49. The fraction of sp³-hybridized carbons (Fsp3) is 0.357. The molecule has 0 saturated heterocycles. The molecular formula is C14H20N2. The molecule has 2 N–H and O–H groups in total. The summed E-state index contributed by atoms with van der Waals surface area (Å²) in [4.78, 5) is 3.88. The first-order valence-corrected chi connectivity index (χ1v) is 5.44. The molecule has 1 aromatic carbocycles. The maximum absolute atomic E-state index is 5.91. The van der Waals surface area contributed by atoms with Gasteiger partial charge < -0.3 is 5.73 Å². The third-order valence-corrected chi connectivity index (χ3v) is 2.49. The van der Waals surface area contributed by atoms with Gasteiger partial charge in [-0.15, -0.1) is 0 Å². The van der Waals surface area contributed by atoms with Crippen molar-refractivity contribution in [3.8, 4) is 0 Å². The van der Waals surface area contributed by atoms with E-state index in [9.17, 15) is 0 Å². The zero-order valence-electron chi connectivity index (χ0n) is 10.5. The topological polar surface area (TPSA) is 38.4 Å². The van der Waals surface area contributed by atoms with Crippen LogP contribution in [0.25, 0.3) is 5.70 Å². The van der Waals surface area contributed by atoms with Crippen LogP contribution < -0.4 is 5.73 Å². The molecule has 0 amide bonds. The van der Waals surface area contributed by atoms with Crippen LogP contribution in [0.2, 0.25) is 0 Å². The number of rotatable bonds is 2. The Morgan fingerprint density at radius 1 is 1.19 bits per heavy atom. The zero-order chi connectivity index (χ0) is 12.2. The van der Waals surface area contributed by atoms with E-state index in [0.717, 1.165) is 11.3 Å². The second-order valence-corrected chi connectivity index (χ2v) is 4.86. The van der Waals surface area contributed by atoms with Crippen LogP contribution in [0.15, 0.2) is 35.3 Å². The maximum atomic E-state index is 5.91. The highest BCUT2D eigenvalue weighted by Gasteiger charge is 2.12. The minimum Gasteiger partial charge on any atom is -0.398 e. The summed E-state index contributed by atoms with van der Waals surface area (Å²) in [5.41, 5.74) is 9.18. The summed E-state index contributed by atoms with van der Waals surface area (Å²) in [5, 5.41) is 0. The summed E-state index contributed by atoms with van der Waals surface area (Å²) in [6.07, 6.45) is 3.51. The third kappa shape index (κ3) is 3.23. The van der Waals surface area contributed by atoms with Gasteiger partial charge in [-0.1, -0.05) is 45.0 Å². The van der Waals surface area contributed by atoms with Gasteiger partial charge in [0.25, 0.3) is 0 Å². The lowest BCUT2D eigenvalue weighted by atomic mass is 9.86. The van der Waals surface area contributed by atoms with Crippen LogP contribution in [0.5, 0.6) is 0 Å². The predicted molar refractivity (Wildman–Crippen MR) is 71.7 cm³/mol. The summed E-state index contributed by atoms with van der Waals surface area (Å²) < 4.78 is 0. The Morgan fingerprint density at radius 2 is 1.75 bits per heavy atom. The number of hydrogen-bond acceptors (Lipinski definition) is 2. The average Bonchev–Trinajstić information content (AvgIpc) is 2.25. The number of nitrogens with zero attached hydrogens (tertiary/aromatic N) is 1. The number of aliphatic imine (C=N–C) groups is 1. The van der Waals surface area contributed by atoms with E-state index in [2.05, 4.69) is 50.0 Å². The van der Waals surface area contributed by atoms with Gasteiger partial charge in [0.15, 0.2) is 0 Å². The first kappa shape index (κ1) is 12.5. The van der Waals surface area contributed by atoms with E-state index < -0.39 is 0 Å². The number of nitrogens with two attached hydrogens (primary N) is 1. The first-order valence-electron chi connectivity index (χ1n) is 5.44. The van der Waals surface area contributed by atoms with Crippen LogP contribution in [0.1, 0.15) is 31.9 Å². The van der Waals surface area contributed by atoms with Crippen molar-refractivity contribution in [1.82, 2.24) is 0 Å². The van der Waals surface area contributed by atoms with Crippen molar-refractivity contribution in [2.24, 2.45) is 10.7 Å². The molecule has 0 heterocycles. The SMILES string of the molecule is CN=C/C=C(\N)c1ccc(C(C)(C)C)cc1. The lowest BCUT2D eigenvalue weighted by Crippen LogP contribution is -2.10. The lowest BCUT2D eigenvalue weighted by molar-refractivity contribution is 0.590. The fourth-order valence-corrected chi connectivity index (χ4v) is 1.41. The molecule has 0 bridgehead atoms. The minimum absolute atomic E-state index is 0.182. The Balaban J connectivity index is 2.95. The summed E-state index contributed by atoms with van der Waals surface area (Å²) in [7, 11) is 1.73. The lowest BCUT2D eigenvalue weighted by Gasteiger charge is -2.19. The molecule has 0 atom stereocenters. The number of allylic oxidation sites excluding steroid dienone is 1. The van der Waals surface area contributed by atoms with Crippen molar-refractivity contribution < 1.29 is 0 Å². The molecular weight excluding hydrogens is 196 g/mol. The summed E-state index contributed by atoms with van der Waals surface area (Å²) >= 11 is 0. The molecule has 0 radical (unpaired) electrons. The molecule has 0 aromatic heterocycles. The van der Waals surface area contributed by atoms with E-state index in [1.807, 2.05) is 6.08 Å². The van der Waals surface area contributed by atoms with Gasteiger partial charge >= 0.3 is 0 Å². The van der Waals surface area contributed by atoms with Crippen molar-refractivity contribution in [3.63, 3.8) is 0 Å². The van der Waals surface area contributed by atoms with Crippen LogP contribution in [0.4, 0.5) is 0 Å². The van der Waals surface area contributed by atoms with Gasteiger partial charge in [0.05, 0.1) is 0 Å². The molecule has 2 heteroatoms. The minimum atomic E-state index is 0.182. The Labute approximate surface area is 97.9 Å². The summed E-state index contributed by atoms with van der Waals surface area (Å²) in [5.74, 6) is 0. The van der Waals surface area contributed by atoms with E-state index >= 15 is 0 Å². The van der Waals surface area contributed by atoms with E-state index in [1.54, 1.807) is 13.3 Å². The van der Waals surface area contributed by atoms with Crippen molar-refractivity contribution >= 4 is 11.9 Å². The highest BCUT2D eigenvalue weighted by Crippen LogP contribution is 2.23. The molecule has 0 saturated carbocycles. The van der Waals surface area contributed by atoms with Gasteiger partial charge in [-0.05, 0) is 22.6 Å². The molecule has 2 nitrogen and oxygen atoms in total. The molecule has 0 fully saturated rings. The van der Waals surface area contributed by atoms with Gasteiger partial charge in [0, 0.05) is 19.0 Å². The average molecular weight is 216 g/mol. The molecule has 1 rings (SSSR count). The van der Waals surface area contributed by atoms with Crippen molar-refractivity contribution in [3.05, 3.63) is 41.5 Å². The highest BCUT2D eigenvalue weighted by atomic mass is 14.6. The monoisotopic (exact) mass is 216 g/mol. The first-order chi connectivity index (χ1) is 7.45. The van der Waals surface area contributed by atoms with Crippen LogP contribution in [-0.4, -0.2) is 13.3 Å². The normalized spacial score (nSPS) is 13.4. The molecule has 0 aliphatic heterocycles. The molecule has 0 aliphatic rings. The standard InChI is InChI=1S/C14H20N2/c1-14(2,3)12-7-5-11(6-8-12)13(15)9-10-16-4/h5-10H,15H2,1-4H3/b13-9-,16-10?. The maximum Gasteiger partial charge on any atom is 0.0402 e. The van der Waals surface area contributed by atoms with Crippen LogP contribution in [-0.2, 0) is 5.41 Å². The molecule has 16 heavy (non-hydrogen) atoms. The Morgan fingerprint density at radius 3 is 2.19 bits per heavy atom. The number of benzene rings is 1.